The average molecular weight is 443 g/mol. The van der Waals surface area contributed by atoms with E-state index in [1.165, 1.54) is 0 Å². The first-order valence-electron chi connectivity index (χ1n) is 9.49. The van der Waals surface area contributed by atoms with E-state index in [0.29, 0.717) is 40.5 Å². The molecule has 0 aliphatic carbocycles. The number of aryl methyl sites for hydroxylation is 1. The Morgan fingerprint density at radius 3 is 2.87 bits per heavy atom. The Balaban J connectivity index is 1.64. The van der Waals surface area contributed by atoms with E-state index in [1.54, 1.807) is 37.7 Å². The van der Waals surface area contributed by atoms with Crippen LogP contribution in [0.3, 0.4) is 0 Å². The fourth-order valence-electron chi connectivity index (χ4n) is 3.05. The van der Waals surface area contributed by atoms with Crippen LogP contribution in [-0.4, -0.2) is 58.3 Å². The number of rotatable bonds is 9. The minimum atomic E-state index is -3.39. The minimum absolute atomic E-state index is 0.432. The molecule has 0 saturated carbocycles. The van der Waals surface area contributed by atoms with Gasteiger partial charge in [0, 0.05) is 37.7 Å². The Morgan fingerprint density at radius 2 is 2.06 bits per heavy atom. The zero-order chi connectivity index (χ0) is 21.8. The van der Waals surface area contributed by atoms with Crippen LogP contribution in [0.2, 0.25) is 0 Å². The lowest BCUT2D eigenvalue weighted by atomic mass is 10.2. The van der Waals surface area contributed by atoms with Gasteiger partial charge in [-0.3, -0.25) is 14.5 Å². The van der Waals surface area contributed by atoms with Crippen molar-refractivity contribution in [1.82, 2.24) is 29.9 Å². The highest BCUT2D eigenvalue weighted by atomic mass is 32.2. The summed E-state index contributed by atoms with van der Waals surface area (Å²) in [6.45, 7) is 1.41. The van der Waals surface area contributed by atoms with Gasteiger partial charge >= 0.3 is 0 Å². The van der Waals surface area contributed by atoms with Gasteiger partial charge in [-0.25, -0.2) is 18.4 Å². The number of benzene rings is 1. The van der Waals surface area contributed by atoms with Crippen LogP contribution in [0.15, 0.2) is 42.9 Å². The van der Waals surface area contributed by atoms with E-state index in [2.05, 4.69) is 35.3 Å². The number of sulfonamides is 1. The normalized spacial score (nSPS) is 11.7. The van der Waals surface area contributed by atoms with E-state index in [9.17, 15) is 8.42 Å². The monoisotopic (exact) mass is 442 g/mol. The molecule has 11 nitrogen and oxygen atoms in total. The lowest BCUT2D eigenvalue weighted by Gasteiger charge is -2.09. The van der Waals surface area contributed by atoms with Gasteiger partial charge in [-0.1, -0.05) is 12.1 Å². The summed E-state index contributed by atoms with van der Waals surface area (Å²) in [4.78, 5) is 9.18. The number of anilines is 3. The van der Waals surface area contributed by atoms with Crippen LogP contribution in [0.1, 0.15) is 6.42 Å². The molecule has 162 valence electrons. The molecule has 0 radical (unpaired) electrons. The number of nitrogens with one attached hydrogen (secondary N) is 3. The second-order valence-corrected chi connectivity index (χ2v) is 8.69. The average Bonchev–Trinajstić information content (AvgIpc) is 3.36. The van der Waals surface area contributed by atoms with Crippen molar-refractivity contribution in [2.45, 2.75) is 13.0 Å². The quantitative estimate of drug-likeness (QED) is 0.336. The summed E-state index contributed by atoms with van der Waals surface area (Å²) in [6.07, 6.45) is 7.17. The standard InChI is InChI=1S/C19H22N8O3S/c1-30-8-4-7-27-12-15(10-21-27)22-19-17-16(11-20-25-17)23-18(24-19)13-5-3-6-14(9-13)26-31(2,28)29/h3,5-6,9-12,26H,4,7-8H2,1-2H3,(H,20,25)(H,22,23,24). The molecule has 0 unspecified atom stereocenters. The number of H-pyrrole nitrogens is 1. The van der Waals surface area contributed by atoms with Crippen molar-refractivity contribution in [3.8, 4) is 11.4 Å². The molecular weight excluding hydrogens is 420 g/mol. The maximum Gasteiger partial charge on any atom is 0.229 e. The third-order valence-corrected chi connectivity index (χ3v) is 4.96. The van der Waals surface area contributed by atoms with Gasteiger partial charge in [0.1, 0.15) is 11.0 Å². The highest BCUT2D eigenvalue weighted by molar-refractivity contribution is 7.92. The minimum Gasteiger partial charge on any atom is -0.385 e. The summed E-state index contributed by atoms with van der Waals surface area (Å²) in [6, 6.07) is 6.90. The topological polar surface area (TPSA) is 140 Å². The number of ether oxygens (including phenoxy) is 1. The second-order valence-electron chi connectivity index (χ2n) is 6.94. The van der Waals surface area contributed by atoms with Gasteiger partial charge in [0.15, 0.2) is 11.6 Å². The molecule has 3 N–H and O–H groups in total. The van der Waals surface area contributed by atoms with Gasteiger partial charge in [0.2, 0.25) is 10.0 Å². The zero-order valence-electron chi connectivity index (χ0n) is 17.0. The molecule has 12 heteroatoms. The maximum absolute atomic E-state index is 11.6. The summed E-state index contributed by atoms with van der Waals surface area (Å²) in [5, 5.41) is 14.6. The Hall–Kier alpha value is -3.51. The summed E-state index contributed by atoms with van der Waals surface area (Å²) in [5.74, 6) is 0.969. The largest absolute Gasteiger partial charge is 0.385 e. The molecule has 31 heavy (non-hydrogen) atoms. The van der Waals surface area contributed by atoms with E-state index in [0.717, 1.165) is 24.9 Å². The Labute approximate surface area is 178 Å². The molecule has 4 rings (SSSR count). The predicted molar refractivity (Wildman–Crippen MR) is 118 cm³/mol. The van der Waals surface area contributed by atoms with Crippen molar-refractivity contribution < 1.29 is 13.2 Å². The molecule has 3 aromatic heterocycles. The number of hydrogen-bond acceptors (Lipinski definition) is 8. The van der Waals surface area contributed by atoms with E-state index in [4.69, 9.17) is 4.74 Å². The third kappa shape index (κ3) is 5.16. The predicted octanol–water partition coefficient (Wildman–Crippen LogP) is 2.37. The Morgan fingerprint density at radius 1 is 1.19 bits per heavy atom. The first kappa shape index (κ1) is 20.8. The van der Waals surface area contributed by atoms with Crippen molar-refractivity contribution in [1.29, 1.82) is 0 Å². The Kier molecular flexibility index (Phi) is 5.82. The molecule has 0 atom stereocenters. The number of methoxy groups -OCH3 is 1. The van der Waals surface area contributed by atoms with Gasteiger partial charge in [-0.2, -0.15) is 10.2 Å². The third-order valence-electron chi connectivity index (χ3n) is 4.36. The van der Waals surface area contributed by atoms with Crippen LogP contribution in [-0.2, 0) is 21.3 Å². The molecular formula is C19H22N8O3S. The van der Waals surface area contributed by atoms with Gasteiger partial charge in [-0.15, -0.1) is 0 Å². The summed E-state index contributed by atoms with van der Waals surface area (Å²) in [5.41, 5.74) is 3.14. The van der Waals surface area contributed by atoms with E-state index < -0.39 is 10.0 Å². The van der Waals surface area contributed by atoms with Crippen LogP contribution in [0, 0.1) is 0 Å². The highest BCUT2D eigenvalue weighted by Gasteiger charge is 2.13. The van der Waals surface area contributed by atoms with Gasteiger partial charge in [0.05, 0.1) is 24.3 Å². The molecule has 3 heterocycles. The second kappa shape index (κ2) is 8.70. The number of nitrogens with zero attached hydrogens (tertiary/aromatic N) is 5. The fraction of sp³-hybridized carbons (Fsp3) is 0.263. The van der Waals surface area contributed by atoms with Gasteiger partial charge < -0.3 is 10.1 Å². The van der Waals surface area contributed by atoms with Crippen molar-refractivity contribution in [2.24, 2.45) is 0 Å². The molecule has 0 saturated heterocycles. The molecule has 1 aromatic carbocycles. The summed E-state index contributed by atoms with van der Waals surface area (Å²) >= 11 is 0. The summed E-state index contributed by atoms with van der Waals surface area (Å²) < 4.78 is 32.5. The van der Waals surface area contributed by atoms with Gasteiger partial charge in [-0.05, 0) is 18.6 Å². The zero-order valence-corrected chi connectivity index (χ0v) is 17.8. The molecule has 0 aliphatic rings. The fourth-order valence-corrected chi connectivity index (χ4v) is 3.61. The number of aromatic nitrogens is 6. The lowest BCUT2D eigenvalue weighted by Crippen LogP contribution is -2.09. The van der Waals surface area contributed by atoms with E-state index >= 15 is 0 Å². The van der Waals surface area contributed by atoms with Crippen molar-refractivity contribution in [3.05, 3.63) is 42.9 Å². The van der Waals surface area contributed by atoms with Crippen molar-refractivity contribution in [3.63, 3.8) is 0 Å². The number of fused-ring (bicyclic) bond motifs is 1. The molecule has 0 bridgehead atoms. The molecule has 0 spiro atoms. The summed E-state index contributed by atoms with van der Waals surface area (Å²) in [7, 11) is -1.72. The molecule has 0 amide bonds. The van der Waals surface area contributed by atoms with Crippen LogP contribution in [0.25, 0.3) is 22.4 Å². The first-order valence-corrected chi connectivity index (χ1v) is 11.4. The van der Waals surface area contributed by atoms with Crippen LogP contribution in [0.5, 0.6) is 0 Å². The smallest absolute Gasteiger partial charge is 0.229 e. The van der Waals surface area contributed by atoms with Crippen LogP contribution >= 0.6 is 0 Å². The highest BCUT2D eigenvalue weighted by Crippen LogP contribution is 2.27. The molecule has 0 aliphatic heterocycles. The maximum atomic E-state index is 11.6. The SMILES string of the molecule is COCCCn1cc(Nc2nc(-c3cccc(NS(C)(=O)=O)c3)nc3cn[nH]c23)cn1. The van der Waals surface area contributed by atoms with E-state index in [-0.39, 0.29) is 0 Å². The number of hydrogen-bond donors (Lipinski definition) is 3. The van der Waals surface area contributed by atoms with Crippen LogP contribution in [0.4, 0.5) is 17.2 Å². The van der Waals surface area contributed by atoms with Crippen molar-refractivity contribution >= 4 is 38.2 Å². The molecule has 0 fully saturated rings. The van der Waals surface area contributed by atoms with Crippen LogP contribution < -0.4 is 10.0 Å². The lowest BCUT2D eigenvalue weighted by molar-refractivity contribution is 0.189. The van der Waals surface area contributed by atoms with Gasteiger partial charge in [0.25, 0.3) is 0 Å². The number of aromatic amines is 1. The Bertz CT molecular complexity index is 1300. The molecule has 4 aromatic rings. The van der Waals surface area contributed by atoms with E-state index in [1.807, 2.05) is 16.9 Å². The van der Waals surface area contributed by atoms with Crippen molar-refractivity contribution in [2.75, 3.05) is 30.0 Å². The first-order chi connectivity index (χ1) is 14.9.